The average molecular weight is 489 g/mol. The third-order valence-electron chi connectivity index (χ3n) is 4.76. The number of hydrogen-bond donors (Lipinski definition) is 2. The molecule has 0 aliphatic heterocycles. The fourth-order valence-electron chi connectivity index (χ4n) is 3.22. The van der Waals surface area contributed by atoms with Gasteiger partial charge >= 0.3 is 0 Å². The van der Waals surface area contributed by atoms with Crippen molar-refractivity contribution < 1.29 is 22.7 Å². The maximum Gasteiger partial charge on any atom is 0.245 e. The Labute approximate surface area is 198 Å². The van der Waals surface area contributed by atoms with Crippen LogP contribution in [0.15, 0.2) is 77.7 Å². The molecule has 0 spiro atoms. The summed E-state index contributed by atoms with van der Waals surface area (Å²) in [5.74, 6) is 0.0780. The second-order valence-corrected chi connectivity index (χ2v) is 9.20. The second-order valence-electron chi connectivity index (χ2n) is 7.08. The van der Waals surface area contributed by atoms with Gasteiger partial charge in [0, 0.05) is 5.02 Å². The zero-order valence-electron chi connectivity index (χ0n) is 18.2. The quantitative estimate of drug-likeness (QED) is 0.444. The summed E-state index contributed by atoms with van der Waals surface area (Å²) in [5.41, 5.74) is 1.23. The van der Waals surface area contributed by atoms with Crippen LogP contribution in [-0.4, -0.2) is 34.1 Å². The summed E-state index contributed by atoms with van der Waals surface area (Å²) in [5, 5.41) is 3.01. The maximum absolute atomic E-state index is 13.3. The lowest BCUT2D eigenvalue weighted by molar-refractivity contribution is -0.117. The fraction of sp³-hybridized carbons (Fsp3) is 0.208. The van der Waals surface area contributed by atoms with E-state index in [0.717, 1.165) is 5.56 Å². The highest BCUT2D eigenvalue weighted by Gasteiger charge is 2.29. The van der Waals surface area contributed by atoms with Crippen molar-refractivity contribution >= 4 is 33.2 Å². The molecule has 2 N–H and O–H groups in total. The van der Waals surface area contributed by atoms with Crippen molar-refractivity contribution in [3.63, 3.8) is 0 Å². The van der Waals surface area contributed by atoms with E-state index in [-0.39, 0.29) is 22.1 Å². The number of anilines is 1. The lowest BCUT2D eigenvalue weighted by Gasteiger charge is -2.20. The average Bonchev–Trinajstić information content (AvgIpc) is 2.80. The molecular formula is C24H25ClN2O5S. The SMILES string of the molecule is CCOc1ccccc1NC(=O)[C@H](Cc1ccccc1)NS(=O)(=O)c1cc(Cl)ccc1OC. The molecule has 0 heterocycles. The summed E-state index contributed by atoms with van der Waals surface area (Å²) in [6.07, 6.45) is 0.131. The van der Waals surface area contributed by atoms with Crippen LogP contribution in [0.4, 0.5) is 5.69 Å². The van der Waals surface area contributed by atoms with Crippen molar-refractivity contribution in [1.29, 1.82) is 0 Å². The first kappa shape index (κ1) is 24.6. The smallest absolute Gasteiger partial charge is 0.245 e. The summed E-state index contributed by atoms with van der Waals surface area (Å²) >= 11 is 6.02. The second kappa shape index (κ2) is 11.2. The molecule has 3 aromatic carbocycles. The van der Waals surface area contributed by atoms with Crippen molar-refractivity contribution in [3.8, 4) is 11.5 Å². The van der Waals surface area contributed by atoms with Crippen molar-refractivity contribution in [1.82, 2.24) is 4.72 Å². The van der Waals surface area contributed by atoms with Gasteiger partial charge in [-0.25, -0.2) is 8.42 Å². The topological polar surface area (TPSA) is 93.7 Å². The number of carbonyl (C=O) groups is 1. The lowest BCUT2D eigenvalue weighted by Crippen LogP contribution is -2.45. The normalized spacial score (nSPS) is 12.1. The van der Waals surface area contributed by atoms with Crippen LogP contribution in [0.5, 0.6) is 11.5 Å². The highest BCUT2D eigenvalue weighted by molar-refractivity contribution is 7.89. The van der Waals surface area contributed by atoms with Gasteiger partial charge in [0.15, 0.2) is 0 Å². The van der Waals surface area contributed by atoms with E-state index in [1.165, 1.54) is 25.3 Å². The Balaban J connectivity index is 1.93. The molecule has 0 aliphatic carbocycles. The molecule has 0 radical (unpaired) electrons. The Morgan fingerprint density at radius 1 is 1.00 bits per heavy atom. The molecule has 33 heavy (non-hydrogen) atoms. The van der Waals surface area contributed by atoms with Gasteiger partial charge in [-0.2, -0.15) is 4.72 Å². The van der Waals surface area contributed by atoms with Gasteiger partial charge in [-0.05, 0) is 49.2 Å². The van der Waals surface area contributed by atoms with Crippen LogP contribution in [0, 0.1) is 0 Å². The van der Waals surface area contributed by atoms with E-state index in [9.17, 15) is 13.2 Å². The first-order valence-corrected chi connectivity index (χ1v) is 12.1. The predicted octanol–water partition coefficient (Wildman–Crippen LogP) is 4.28. The van der Waals surface area contributed by atoms with Gasteiger partial charge in [-0.15, -0.1) is 0 Å². The minimum absolute atomic E-state index is 0.118. The van der Waals surface area contributed by atoms with Crippen LogP contribution in [0.3, 0.4) is 0 Å². The number of para-hydroxylation sites is 2. The molecular weight excluding hydrogens is 464 g/mol. The minimum atomic E-state index is -4.15. The number of nitrogens with one attached hydrogen (secondary N) is 2. The number of halogens is 1. The van der Waals surface area contributed by atoms with Crippen LogP contribution in [0.1, 0.15) is 12.5 Å². The minimum Gasteiger partial charge on any atom is -0.495 e. The molecule has 9 heteroatoms. The van der Waals surface area contributed by atoms with Crippen LogP contribution in [-0.2, 0) is 21.2 Å². The van der Waals surface area contributed by atoms with Gasteiger partial charge in [0.1, 0.15) is 22.4 Å². The highest BCUT2D eigenvalue weighted by Crippen LogP contribution is 2.28. The van der Waals surface area contributed by atoms with E-state index >= 15 is 0 Å². The summed E-state index contributed by atoms with van der Waals surface area (Å²) in [6.45, 7) is 2.25. The number of amides is 1. The monoisotopic (exact) mass is 488 g/mol. The maximum atomic E-state index is 13.3. The van der Waals surface area contributed by atoms with Gasteiger partial charge in [0.2, 0.25) is 15.9 Å². The van der Waals surface area contributed by atoms with Crippen molar-refractivity contribution in [2.75, 3.05) is 19.0 Å². The summed E-state index contributed by atoms with van der Waals surface area (Å²) < 4.78 is 39.7. The summed E-state index contributed by atoms with van der Waals surface area (Å²) in [7, 11) is -2.79. The molecule has 0 aromatic heterocycles. The Morgan fingerprint density at radius 2 is 1.70 bits per heavy atom. The zero-order valence-corrected chi connectivity index (χ0v) is 19.8. The molecule has 0 bridgehead atoms. The predicted molar refractivity (Wildman–Crippen MR) is 129 cm³/mol. The first-order valence-electron chi connectivity index (χ1n) is 10.3. The van der Waals surface area contributed by atoms with Crippen molar-refractivity contribution in [2.24, 2.45) is 0 Å². The molecule has 0 saturated heterocycles. The number of carbonyl (C=O) groups excluding carboxylic acids is 1. The van der Waals surface area contributed by atoms with E-state index in [1.54, 1.807) is 24.3 Å². The Morgan fingerprint density at radius 3 is 2.39 bits per heavy atom. The van der Waals surface area contributed by atoms with Gasteiger partial charge < -0.3 is 14.8 Å². The van der Waals surface area contributed by atoms with Crippen molar-refractivity contribution in [2.45, 2.75) is 24.3 Å². The van der Waals surface area contributed by atoms with Gasteiger partial charge in [-0.3, -0.25) is 4.79 Å². The van der Waals surface area contributed by atoms with E-state index in [1.807, 2.05) is 37.3 Å². The molecule has 3 rings (SSSR count). The molecule has 7 nitrogen and oxygen atoms in total. The van der Waals surface area contributed by atoms with Gasteiger partial charge in [-0.1, -0.05) is 54.1 Å². The zero-order chi connectivity index (χ0) is 23.8. The largest absolute Gasteiger partial charge is 0.495 e. The molecule has 0 fully saturated rings. The number of methoxy groups -OCH3 is 1. The fourth-order valence-corrected chi connectivity index (χ4v) is 4.85. The van der Waals surface area contributed by atoms with Crippen LogP contribution in [0.25, 0.3) is 0 Å². The molecule has 0 saturated carbocycles. The third kappa shape index (κ3) is 6.47. The first-order chi connectivity index (χ1) is 15.8. The van der Waals surface area contributed by atoms with E-state index in [2.05, 4.69) is 10.0 Å². The summed E-state index contributed by atoms with van der Waals surface area (Å²) in [4.78, 5) is 13.1. The molecule has 174 valence electrons. The molecule has 1 amide bonds. The lowest BCUT2D eigenvalue weighted by atomic mass is 10.1. The molecule has 0 unspecified atom stereocenters. The third-order valence-corrected chi connectivity index (χ3v) is 6.48. The highest BCUT2D eigenvalue weighted by atomic mass is 35.5. The molecule has 3 aromatic rings. The number of sulfonamides is 1. The Hall–Kier alpha value is -3.07. The Bertz CT molecular complexity index is 1200. The molecule has 1 atom stereocenters. The van der Waals surface area contributed by atoms with E-state index in [0.29, 0.717) is 18.0 Å². The van der Waals surface area contributed by atoms with E-state index in [4.69, 9.17) is 21.1 Å². The van der Waals surface area contributed by atoms with Gasteiger partial charge in [0.25, 0.3) is 0 Å². The van der Waals surface area contributed by atoms with Crippen LogP contribution < -0.4 is 19.5 Å². The number of hydrogen-bond acceptors (Lipinski definition) is 5. The standard InChI is InChI=1S/C24H25ClN2O5S/c1-3-32-21-12-8-7-11-19(21)26-24(28)20(15-17-9-5-4-6-10-17)27-33(29,30)23-16-18(25)13-14-22(23)31-2/h4-14,16,20,27H,3,15H2,1-2H3,(H,26,28)/t20-/m0/s1. The Kier molecular flexibility index (Phi) is 8.32. The van der Waals surface area contributed by atoms with Crippen LogP contribution in [0.2, 0.25) is 5.02 Å². The number of ether oxygens (including phenoxy) is 2. The number of benzene rings is 3. The van der Waals surface area contributed by atoms with Gasteiger partial charge in [0.05, 0.1) is 19.4 Å². The number of rotatable bonds is 10. The van der Waals surface area contributed by atoms with Crippen LogP contribution >= 0.6 is 11.6 Å². The van der Waals surface area contributed by atoms with Crippen molar-refractivity contribution in [3.05, 3.63) is 83.4 Å². The summed E-state index contributed by atoms with van der Waals surface area (Å²) in [6, 6.07) is 19.3. The van der Waals surface area contributed by atoms with E-state index < -0.39 is 22.0 Å². The molecule has 0 aliphatic rings.